The van der Waals surface area contributed by atoms with Crippen molar-refractivity contribution in [2.24, 2.45) is 0 Å². The number of rotatable bonds is 1. The van der Waals surface area contributed by atoms with E-state index in [4.69, 9.17) is 5.26 Å². The Kier molecular flexibility index (Phi) is 2.71. The van der Waals surface area contributed by atoms with E-state index in [2.05, 4.69) is 36.7 Å². The first-order valence-electron chi connectivity index (χ1n) is 2.50. The molecule has 1 N–H and O–H groups in total. The van der Waals surface area contributed by atoms with Crippen LogP contribution in [0.2, 0.25) is 0 Å². The zero-order valence-electron chi connectivity index (χ0n) is 4.84. The van der Waals surface area contributed by atoms with Crippen molar-refractivity contribution in [3.63, 3.8) is 0 Å². The van der Waals surface area contributed by atoms with Gasteiger partial charge in [-0.3, -0.25) is 0 Å². The molecule has 0 saturated carbocycles. The van der Waals surface area contributed by atoms with Crippen LogP contribution in [0.1, 0.15) is 0 Å². The fourth-order valence-electron chi connectivity index (χ4n) is 0.581. The smallest absolute Gasteiger partial charge is 0.167 e. The van der Waals surface area contributed by atoms with E-state index in [1.165, 1.54) is 0 Å². The molecule has 10 heavy (non-hydrogen) atoms. The van der Waals surface area contributed by atoms with E-state index in [0.29, 0.717) is 5.75 Å². The molecule has 0 fully saturated rings. The van der Waals surface area contributed by atoms with Crippen molar-refractivity contribution in [3.05, 3.63) is 27.1 Å². The van der Waals surface area contributed by atoms with E-state index in [0.717, 1.165) is 8.95 Å². The SMILES string of the molecule is OOc1cc(Br)cc(Br)c1. The van der Waals surface area contributed by atoms with Gasteiger partial charge in [0.2, 0.25) is 0 Å². The molecule has 0 heterocycles. The maximum atomic E-state index is 8.24. The monoisotopic (exact) mass is 266 g/mol. The first-order valence-corrected chi connectivity index (χ1v) is 4.08. The van der Waals surface area contributed by atoms with Crippen LogP contribution in [0.3, 0.4) is 0 Å². The Bertz CT molecular complexity index is 217. The van der Waals surface area contributed by atoms with Crippen molar-refractivity contribution in [2.45, 2.75) is 0 Å². The minimum absolute atomic E-state index is 0.404. The second-order valence-electron chi connectivity index (χ2n) is 1.70. The molecule has 0 amide bonds. The molecule has 0 aliphatic carbocycles. The van der Waals surface area contributed by atoms with Gasteiger partial charge in [-0.1, -0.05) is 31.9 Å². The van der Waals surface area contributed by atoms with Crippen LogP contribution in [0.25, 0.3) is 0 Å². The lowest BCUT2D eigenvalue weighted by molar-refractivity contribution is -0.137. The van der Waals surface area contributed by atoms with E-state index in [1.807, 2.05) is 6.07 Å². The molecule has 1 rings (SSSR count). The lowest BCUT2D eigenvalue weighted by atomic mass is 10.3. The lowest BCUT2D eigenvalue weighted by Gasteiger charge is -1.97. The first-order chi connectivity index (χ1) is 4.72. The van der Waals surface area contributed by atoms with E-state index in [1.54, 1.807) is 12.1 Å². The standard InChI is InChI=1S/C6H4Br2O2/c7-4-1-5(8)3-6(2-4)10-9/h1-3,9H. The molecule has 1 aromatic rings. The van der Waals surface area contributed by atoms with Gasteiger partial charge in [0.25, 0.3) is 0 Å². The van der Waals surface area contributed by atoms with Gasteiger partial charge >= 0.3 is 0 Å². The van der Waals surface area contributed by atoms with Gasteiger partial charge in [0, 0.05) is 8.95 Å². The highest BCUT2D eigenvalue weighted by atomic mass is 79.9. The summed E-state index contributed by atoms with van der Waals surface area (Å²) in [5, 5.41) is 8.24. The van der Waals surface area contributed by atoms with Gasteiger partial charge in [-0.05, 0) is 18.2 Å². The van der Waals surface area contributed by atoms with Crippen molar-refractivity contribution in [1.29, 1.82) is 0 Å². The van der Waals surface area contributed by atoms with E-state index < -0.39 is 0 Å². The molecular weight excluding hydrogens is 264 g/mol. The van der Waals surface area contributed by atoms with Crippen molar-refractivity contribution in [1.82, 2.24) is 0 Å². The third-order valence-electron chi connectivity index (χ3n) is 0.941. The van der Waals surface area contributed by atoms with Gasteiger partial charge in [-0.25, -0.2) is 5.26 Å². The Labute approximate surface area is 75.0 Å². The third-order valence-corrected chi connectivity index (χ3v) is 1.86. The van der Waals surface area contributed by atoms with E-state index in [-0.39, 0.29) is 0 Å². The average Bonchev–Trinajstić information content (AvgIpc) is 1.85. The van der Waals surface area contributed by atoms with Crippen LogP contribution in [-0.4, -0.2) is 5.26 Å². The predicted octanol–water partition coefficient (Wildman–Crippen LogP) is 3.06. The summed E-state index contributed by atoms with van der Waals surface area (Å²) in [5.74, 6) is 0.404. The number of hydrogen-bond acceptors (Lipinski definition) is 2. The summed E-state index contributed by atoms with van der Waals surface area (Å²) in [6.45, 7) is 0. The highest BCUT2D eigenvalue weighted by Crippen LogP contribution is 2.24. The largest absolute Gasteiger partial charge is 0.340 e. The van der Waals surface area contributed by atoms with Gasteiger partial charge in [-0.2, -0.15) is 0 Å². The summed E-state index contributed by atoms with van der Waals surface area (Å²) >= 11 is 6.47. The fourth-order valence-corrected chi connectivity index (χ4v) is 1.83. The summed E-state index contributed by atoms with van der Waals surface area (Å²) in [4.78, 5) is 4.02. The molecule has 0 saturated heterocycles. The van der Waals surface area contributed by atoms with Gasteiger partial charge in [-0.15, -0.1) is 0 Å². The molecule has 2 nitrogen and oxygen atoms in total. The topological polar surface area (TPSA) is 29.5 Å². The van der Waals surface area contributed by atoms with Crippen molar-refractivity contribution in [3.8, 4) is 5.75 Å². The van der Waals surface area contributed by atoms with Crippen LogP contribution >= 0.6 is 31.9 Å². The summed E-state index contributed by atoms with van der Waals surface area (Å²) in [6.07, 6.45) is 0. The van der Waals surface area contributed by atoms with Gasteiger partial charge in [0.1, 0.15) is 0 Å². The van der Waals surface area contributed by atoms with Crippen LogP contribution in [0, 0.1) is 0 Å². The maximum absolute atomic E-state index is 8.24. The Hall–Kier alpha value is -0.0600. The molecule has 0 atom stereocenters. The third kappa shape index (κ3) is 1.97. The van der Waals surface area contributed by atoms with Crippen LogP contribution in [0.5, 0.6) is 5.75 Å². The first kappa shape index (κ1) is 8.04. The Morgan fingerprint density at radius 3 is 2.00 bits per heavy atom. The number of benzene rings is 1. The fraction of sp³-hybridized carbons (Fsp3) is 0. The Morgan fingerprint density at radius 1 is 1.10 bits per heavy atom. The molecule has 0 aromatic heterocycles. The number of halogens is 2. The predicted molar refractivity (Wildman–Crippen MR) is 45.1 cm³/mol. The maximum Gasteiger partial charge on any atom is 0.167 e. The van der Waals surface area contributed by atoms with Crippen LogP contribution in [0.4, 0.5) is 0 Å². The minimum atomic E-state index is 0.404. The zero-order valence-corrected chi connectivity index (χ0v) is 8.02. The van der Waals surface area contributed by atoms with Gasteiger partial charge in [0.15, 0.2) is 5.75 Å². The molecule has 1 aromatic carbocycles. The number of hydrogen-bond donors (Lipinski definition) is 1. The average molecular weight is 268 g/mol. The van der Waals surface area contributed by atoms with Gasteiger partial charge < -0.3 is 4.89 Å². The van der Waals surface area contributed by atoms with Crippen molar-refractivity contribution >= 4 is 31.9 Å². The van der Waals surface area contributed by atoms with Crippen LogP contribution in [0.15, 0.2) is 27.1 Å². The molecule has 0 unspecified atom stereocenters. The zero-order chi connectivity index (χ0) is 7.56. The summed E-state index contributed by atoms with van der Waals surface area (Å²) in [7, 11) is 0. The quantitative estimate of drug-likeness (QED) is 0.626. The summed E-state index contributed by atoms with van der Waals surface area (Å²) in [5.41, 5.74) is 0. The molecule has 0 aliphatic rings. The van der Waals surface area contributed by atoms with Crippen molar-refractivity contribution in [2.75, 3.05) is 0 Å². The molecule has 0 radical (unpaired) electrons. The van der Waals surface area contributed by atoms with Crippen LogP contribution < -0.4 is 4.89 Å². The Morgan fingerprint density at radius 2 is 1.60 bits per heavy atom. The van der Waals surface area contributed by atoms with E-state index in [9.17, 15) is 0 Å². The van der Waals surface area contributed by atoms with Crippen LogP contribution in [-0.2, 0) is 0 Å². The molecule has 0 aliphatic heterocycles. The second-order valence-corrected chi connectivity index (χ2v) is 3.53. The van der Waals surface area contributed by atoms with Crippen molar-refractivity contribution < 1.29 is 10.1 Å². The lowest BCUT2D eigenvalue weighted by Crippen LogP contribution is -1.82. The molecule has 4 heteroatoms. The summed E-state index contributed by atoms with van der Waals surface area (Å²) < 4.78 is 1.71. The summed E-state index contributed by atoms with van der Waals surface area (Å²) in [6, 6.07) is 5.16. The molecule has 0 spiro atoms. The normalized spacial score (nSPS) is 9.50. The van der Waals surface area contributed by atoms with E-state index >= 15 is 0 Å². The minimum Gasteiger partial charge on any atom is -0.340 e. The molecular formula is C6H4Br2O2. The molecule has 54 valence electrons. The Balaban J connectivity index is 3.06. The second kappa shape index (κ2) is 3.37. The molecule has 0 bridgehead atoms. The highest BCUT2D eigenvalue weighted by molar-refractivity contribution is 9.11. The highest BCUT2D eigenvalue weighted by Gasteiger charge is 1.96. The van der Waals surface area contributed by atoms with Gasteiger partial charge in [0.05, 0.1) is 0 Å².